The zero-order valence-corrected chi connectivity index (χ0v) is 41.4. The molecule has 28 nitrogen and oxygen atoms in total. The molecule has 0 saturated carbocycles. The van der Waals surface area contributed by atoms with Crippen molar-refractivity contribution in [1.82, 2.24) is 0 Å². The summed E-state index contributed by atoms with van der Waals surface area (Å²) in [5.74, 6) is -38.9. The first kappa shape index (κ1) is 55.1. The van der Waals surface area contributed by atoms with Gasteiger partial charge in [-0.1, -0.05) is 36.4 Å². The Morgan fingerprint density at radius 1 is 0.193 bits per heavy atom. The lowest BCUT2D eigenvalue weighted by Gasteiger charge is -2.30. The molecule has 0 unspecified atom stereocenters. The van der Waals surface area contributed by atoms with Crippen LogP contribution in [0.15, 0.2) is 66.7 Å². The van der Waals surface area contributed by atoms with Gasteiger partial charge in [0.15, 0.2) is 92.0 Å². The van der Waals surface area contributed by atoms with E-state index in [1.54, 1.807) is 0 Å². The number of aromatic hydroxyl groups is 27. The number of phenolic OH excluding ortho intramolecular Hbond substituents is 27. The Bertz CT molecular complexity index is 3890. The molecular formula is C55H41NO27. The SMILES string of the molecule is Cc1c(O)c(O)c(O)c(O)c1-c1cc(-c2ccc(-c3ccc(N(c4c(O)c(O)c(-c5c(O)c(O)c(O)c(O)c5O)c(O)c4O)c4c(O)c(O)c(-c5c(O)c(O)c(O)c(O)c5O)c(O)c4O)cc3)cc2)cc(-c2c(O)c(O)c(O)c(O)c2O)c1. The topological polar surface area (TPSA) is 549 Å². The van der Waals surface area contributed by atoms with E-state index < -0.39 is 200 Å². The molecule has 28 heteroatoms. The molecule has 9 aromatic rings. The second kappa shape index (κ2) is 19.1. The van der Waals surface area contributed by atoms with Crippen molar-refractivity contribution in [3.05, 3.63) is 72.3 Å². The van der Waals surface area contributed by atoms with E-state index in [1.165, 1.54) is 61.5 Å². The van der Waals surface area contributed by atoms with Crippen molar-refractivity contribution in [3.8, 4) is 222 Å². The molecular weight excluding hydrogens is 1110 g/mol. The summed E-state index contributed by atoms with van der Waals surface area (Å²) in [6.07, 6.45) is 0. The van der Waals surface area contributed by atoms with E-state index in [9.17, 15) is 138 Å². The van der Waals surface area contributed by atoms with Crippen LogP contribution in [-0.4, -0.2) is 138 Å². The van der Waals surface area contributed by atoms with Gasteiger partial charge in [-0.25, -0.2) is 0 Å². The van der Waals surface area contributed by atoms with Crippen LogP contribution in [0, 0.1) is 6.92 Å². The maximum absolute atomic E-state index is 11.7. The lowest BCUT2D eigenvalue weighted by molar-refractivity contribution is 0.329. The highest BCUT2D eigenvalue weighted by Crippen LogP contribution is 2.68. The lowest BCUT2D eigenvalue weighted by atomic mass is 9.89. The van der Waals surface area contributed by atoms with Gasteiger partial charge in [0.05, 0.1) is 27.8 Å². The summed E-state index contributed by atoms with van der Waals surface area (Å²) < 4.78 is 0. The van der Waals surface area contributed by atoms with Crippen molar-refractivity contribution >= 4 is 17.1 Å². The fourth-order valence-electron chi connectivity index (χ4n) is 9.35. The molecule has 0 heterocycles. The van der Waals surface area contributed by atoms with Gasteiger partial charge in [0, 0.05) is 16.8 Å². The molecule has 0 aromatic heterocycles. The lowest BCUT2D eigenvalue weighted by Crippen LogP contribution is -2.12. The Balaban J connectivity index is 1.23. The molecule has 27 N–H and O–H groups in total. The molecule has 0 saturated heterocycles. The summed E-state index contributed by atoms with van der Waals surface area (Å²) >= 11 is 0. The van der Waals surface area contributed by atoms with E-state index in [0.29, 0.717) is 10.5 Å². The first-order valence-electron chi connectivity index (χ1n) is 23.1. The zero-order chi connectivity index (χ0) is 61.2. The quantitative estimate of drug-likeness (QED) is 0.0490. The monoisotopic (exact) mass is 1150 g/mol. The van der Waals surface area contributed by atoms with Crippen molar-refractivity contribution < 1.29 is 138 Å². The molecule has 0 atom stereocenters. The molecule has 428 valence electrons. The molecule has 9 aromatic carbocycles. The van der Waals surface area contributed by atoms with Crippen LogP contribution in [0.5, 0.6) is 155 Å². The highest BCUT2D eigenvalue weighted by molar-refractivity contribution is 6.03. The molecule has 0 bridgehead atoms. The molecule has 0 amide bonds. The summed E-state index contributed by atoms with van der Waals surface area (Å²) in [6.45, 7) is 1.25. The molecule has 0 aliphatic rings. The normalized spacial score (nSPS) is 11.3. The van der Waals surface area contributed by atoms with Crippen molar-refractivity contribution in [1.29, 1.82) is 0 Å². The molecule has 0 aliphatic heterocycles. The average Bonchev–Trinajstić information content (AvgIpc) is 3.24. The minimum atomic E-state index is -1.67. The Kier molecular flexibility index (Phi) is 12.7. The summed E-state index contributed by atoms with van der Waals surface area (Å²) in [7, 11) is 0. The van der Waals surface area contributed by atoms with Crippen LogP contribution in [0.4, 0.5) is 17.1 Å². The van der Waals surface area contributed by atoms with Crippen molar-refractivity contribution in [2.24, 2.45) is 0 Å². The van der Waals surface area contributed by atoms with E-state index in [4.69, 9.17) is 0 Å². The first-order chi connectivity index (χ1) is 38.9. The van der Waals surface area contributed by atoms with Crippen LogP contribution in [0.25, 0.3) is 66.8 Å². The Hall–Kier alpha value is -12.6. The van der Waals surface area contributed by atoms with Crippen LogP contribution >= 0.6 is 0 Å². The Labute approximate surface area is 459 Å². The number of nitrogens with zero attached hydrogens (tertiary/aromatic N) is 1. The van der Waals surface area contributed by atoms with Gasteiger partial charge in [-0.05, 0) is 70.6 Å². The van der Waals surface area contributed by atoms with Gasteiger partial charge < -0.3 is 138 Å². The number of hydrogen-bond acceptors (Lipinski definition) is 28. The minimum Gasteiger partial charge on any atom is -0.504 e. The van der Waals surface area contributed by atoms with Gasteiger partial charge in [0.1, 0.15) is 11.4 Å². The van der Waals surface area contributed by atoms with Crippen LogP contribution in [-0.2, 0) is 0 Å². The van der Waals surface area contributed by atoms with Crippen molar-refractivity contribution in [3.63, 3.8) is 0 Å². The largest absolute Gasteiger partial charge is 0.504 e. The van der Waals surface area contributed by atoms with Crippen LogP contribution in [0.3, 0.4) is 0 Å². The number of hydrogen-bond donors (Lipinski definition) is 27. The zero-order valence-electron chi connectivity index (χ0n) is 41.4. The highest BCUT2D eigenvalue weighted by atomic mass is 16.4. The third-order valence-electron chi connectivity index (χ3n) is 13.6. The van der Waals surface area contributed by atoms with E-state index in [1.807, 2.05) is 0 Å². The van der Waals surface area contributed by atoms with Gasteiger partial charge in [0.2, 0.25) is 63.2 Å². The van der Waals surface area contributed by atoms with Gasteiger partial charge >= 0.3 is 0 Å². The molecule has 0 fully saturated rings. The third kappa shape index (κ3) is 7.92. The average molecular weight is 1150 g/mol. The standard InChI is InChI=1S/C55H41NO27/c1-13-21(30(58)46(74)45(73)29(13)57)18-10-17(11-19(12-18)22-31(59)47(75)53(81)48(76)32(22)60)16-4-2-14(3-5-16)15-6-8-20(9-7-15)56(27-41(69)33(61)23(34(62)42(27)70)25-37(65)49(77)54(82)50(78)38(25)66)28-43(71)35(63)24(36(64)44(28)72)26-39(67)51(79)55(83)52(80)40(26)68/h2-12,57-83H,1H3. The Morgan fingerprint density at radius 3 is 0.711 bits per heavy atom. The minimum absolute atomic E-state index is 0.0830. The highest BCUT2D eigenvalue weighted by Gasteiger charge is 2.40. The fraction of sp³-hybridized carbons (Fsp3) is 0.0182. The van der Waals surface area contributed by atoms with Gasteiger partial charge in [0.25, 0.3) is 0 Å². The summed E-state index contributed by atoms with van der Waals surface area (Å²) in [4.78, 5) is 0.326. The maximum atomic E-state index is 11.7. The molecule has 9 rings (SSSR count). The van der Waals surface area contributed by atoms with Crippen molar-refractivity contribution in [2.45, 2.75) is 6.92 Å². The molecule has 83 heavy (non-hydrogen) atoms. The predicted octanol–water partition coefficient (Wildman–Crippen LogP) is 7.52. The van der Waals surface area contributed by atoms with Crippen molar-refractivity contribution in [2.75, 3.05) is 4.90 Å². The summed E-state index contributed by atoms with van der Waals surface area (Å²) in [5, 5.41) is 292. The van der Waals surface area contributed by atoms with Crippen LogP contribution in [0.2, 0.25) is 0 Å². The van der Waals surface area contributed by atoms with Gasteiger partial charge in [-0.3, -0.25) is 4.90 Å². The van der Waals surface area contributed by atoms with Gasteiger partial charge in [-0.2, -0.15) is 0 Å². The second-order valence-electron chi connectivity index (χ2n) is 18.2. The summed E-state index contributed by atoms with van der Waals surface area (Å²) in [6, 6.07) is 14.4. The first-order valence-corrected chi connectivity index (χ1v) is 23.1. The molecule has 0 aliphatic carbocycles. The molecule has 0 radical (unpaired) electrons. The number of phenols is 27. The van der Waals surface area contributed by atoms with Crippen LogP contribution < -0.4 is 4.90 Å². The van der Waals surface area contributed by atoms with E-state index in [2.05, 4.69) is 0 Å². The predicted molar refractivity (Wildman–Crippen MR) is 283 cm³/mol. The second-order valence-corrected chi connectivity index (χ2v) is 18.2. The number of benzene rings is 9. The number of rotatable bonds is 9. The number of anilines is 3. The van der Waals surface area contributed by atoms with Gasteiger partial charge in [-0.15, -0.1) is 0 Å². The smallest absolute Gasteiger partial charge is 0.208 e. The van der Waals surface area contributed by atoms with E-state index >= 15 is 0 Å². The fourth-order valence-corrected chi connectivity index (χ4v) is 9.35. The maximum Gasteiger partial charge on any atom is 0.208 e. The summed E-state index contributed by atoms with van der Waals surface area (Å²) in [5.41, 5.74) is -9.06. The van der Waals surface area contributed by atoms with Crippen LogP contribution in [0.1, 0.15) is 5.56 Å². The van der Waals surface area contributed by atoms with E-state index in [-0.39, 0.29) is 38.9 Å². The van der Waals surface area contributed by atoms with E-state index in [0.717, 1.165) is 12.1 Å². The third-order valence-corrected chi connectivity index (χ3v) is 13.6. The Morgan fingerprint density at radius 2 is 0.398 bits per heavy atom. The molecule has 0 spiro atoms.